The number of amides is 1. The zero-order valence-corrected chi connectivity index (χ0v) is 13.5. The van der Waals surface area contributed by atoms with Crippen LogP contribution in [0.5, 0.6) is 0 Å². The van der Waals surface area contributed by atoms with Gasteiger partial charge in [0.05, 0.1) is 5.56 Å². The third-order valence-electron chi connectivity index (χ3n) is 3.50. The van der Waals surface area contributed by atoms with Crippen molar-refractivity contribution >= 4 is 5.91 Å². The molecule has 1 amide bonds. The van der Waals surface area contributed by atoms with Gasteiger partial charge in [-0.3, -0.25) is 4.79 Å². The first-order valence-corrected chi connectivity index (χ1v) is 7.70. The lowest BCUT2D eigenvalue weighted by molar-refractivity contribution is 0.0938. The highest BCUT2D eigenvalue weighted by molar-refractivity contribution is 5.94. The van der Waals surface area contributed by atoms with Crippen LogP contribution in [0.2, 0.25) is 0 Å². The number of carbonyl (C=O) groups excluding carboxylic acids is 1. The van der Waals surface area contributed by atoms with E-state index in [1.54, 1.807) is 6.07 Å². The summed E-state index contributed by atoms with van der Waals surface area (Å²) in [4.78, 5) is 20.4. The monoisotopic (exact) mass is 333 g/mol. The fraction of sp³-hybridized carbons (Fsp3) is 0.167. The van der Waals surface area contributed by atoms with Crippen LogP contribution < -0.4 is 5.32 Å². The van der Waals surface area contributed by atoms with Crippen molar-refractivity contribution in [3.8, 4) is 17.5 Å². The van der Waals surface area contributed by atoms with Crippen molar-refractivity contribution in [3.63, 3.8) is 0 Å². The van der Waals surface area contributed by atoms with Gasteiger partial charge >= 0.3 is 0 Å². The van der Waals surface area contributed by atoms with Crippen LogP contribution in [0.25, 0.3) is 11.4 Å². The predicted octanol–water partition coefficient (Wildman–Crippen LogP) is 2.36. The van der Waals surface area contributed by atoms with E-state index in [2.05, 4.69) is 20.4 Å². The van der Waals surface area contributed by atoms with Crippen molar-refractivity contribution < 1.29 is 9.32 Å². The number of aromatic nitrogens is 3. The van der Waals surface area contributed by atoms with Gasteiger partial charge in [-0.2, -0.15) is 10.2 Å². The highest BCUT2D eigenvalue weighted by atomic mass is 16.5. The molecule has 124 valence electrons. The second kappa shape index (κ2) is 7.36. The molecule has 3 aromatic rings. The van der Waals surface area contributed by atoms with Crippen molar-refractivity contribution in [2.75, 3.05) is 0 Å². The average molecular weight is 333 g/mol. The third-order valence-corrected chi connectivity index (χ3v) is 3.50. The summed E-state index contributed by atoms with van der Waals surface area (Å²) in [6.45, 7) is 1.85. The van der Waals surface area contributed by atoms with E-state index in [1.165, 1.54) is 12.3 Å². The summed E-state index contributed by atoms with van der Waals surface area (Å²) in [6.07, 6.45) is 1.79. The van der Waals surface area contributed by atoms with Crippen LogP contribution in [0.3, 0.4) is 0 Å². The first-order chi connectivity index (χ1) is 12.2. The summed E-state index contributed by atoms with van der Waals surface area (Å²) in [5, 5.41) is 15.5. The van der Waals surface area contributed by atoms with Crippen LogP contribution in [0, 0.1) is 11.3 Å². The fourth-order valence-corrected chi connectivity index (χ4v) is 2.26. The number of nitrogens with one attached hydrogen (secondary N) is 1. The Balaban J connectivity index is 1.60. The summed E-state index contributed by atoms with van der Waals surface area (Å²) < 4.78 is 5.25. The lowest BCUT2D eigenvalue weighted by atomic mass is 10.2. The summed E-state index contributed by atoms with van der Waals surface area (Å²) >= 11 is 0. The quantitative estimate of drug-likeness (QED) is 0.768. The van der Waals surface area contributed by atoms with Crippen molar-refractivity contribution in [1.29, 1.82) is 5.26 Å². The third kappa shape index (κ3) is 4.06. The molecule has 2 heterocycles. The average Bonchev–Trinajstić information content (AvgIpc) is 3.10. The molecule has 0 bridgehead atoms. The Kier molecular flexibility index (Phi) is 4.81. The van der Waals surface area contributed by atoms with Crippen LogP contribution in [0.4, 0.5) is 0 Å². The van der Waals surface area contributed by atoms with Crippen molar-refractivity contribution in [2.45, 2.75) is 19.4 Å². The van der Waals surface area contributed by atoms with Gasteiger partial charge in [0.1, 0.15) is 11.8 Å². The van der Waals surface area contributed by atoms with E-state index in [4.69, 9.17) is 9.78 Å². The Bertz CT molecular complexity index is 897. The molecule has 1 aromatic carbocycles. The van der Waals surface area contributed by atoms with Gasteiger partial charge in [-0.15, -0.1) is 0 Å². The largest absolute Gasteiger partial charge is 0.349 e. The second-order valence-electron chi connectivity index (χ2n) is 5.50. The topological polar surface area (TPSA) is 105 Å². The van der Waals surface area contributed by atoms with E-state index >= 15 is 0 Å². The zero-order chi connectivity index (χ0) is 17.6. The first kappa shape index (κ1) is 16.3. The number of carbonyl (C=O) groups is 1. The number of benzene rings is 1. The Morgan fingerprint density at radius 3 is 2.76 bits per heavy atom. The van der Waals surface area contributed by atoms with E-state index in [0.717, 1.165) is 5.56 Å². The first-order valence-electron chi connectivity index (χ1n) is 7.70. The van der Waals surface area contributed by atoms with Gasteiger partial charge in [-0.1, -0.05) is 35.5 Å². The highest BCUT2D eigenvalue weighted by Crippen LogP contribution is 2.15. The van der Waals surface area contributed by atoms with Crippen LogP contribution in [0.15, 0.2) is 53.2 Å². The van der Waals surface area contributed by atoms with Gasteiger partial charge in [-0.25, -0.2) is 4.98 Å². The second-order valence-corrected chi connectivity index (χ2v) is 5.50. The van der Waals surface area contributed by atoms with Crippen LogP contribution in [0.1, 0.15) is 28.9 Å². The van der Waals surface area contributed by atoms with Crippen molar-refractivity contribution in [1.82, 2.24) is 20.4 Å². The van der Waals surface area contributed by atoms with Gasteiger partial charge in [0.25, 0.3) is 5.91 Å². The Morgan fingerprint density at radius 1 is 1.28 bits per heavy atom. The SMILES string of the molecule is CC(Cc1nc(-c2ccccc2)no1)NC(=O)c1ccc(C#N)nc1. The standard InChI is InChI=1S/C18H15N5O2/c1-12(21-18(24)14-7-8-15(10-19)20-11-14)9-16-22-17(23-25-16)13-5-3-2-4-6-13/h2-8,11-12H,9H2,1H3,(H,21,24). The molecule has 3 rings (SSSR count). The number of pyridine rings is 1. The maximum atomic E-state index is 12.2. The molecule has 0 aliphatic rings. The lowest BCUT2D eigenvalue weighted by Gasteiger charge is -2.11. The summed E-state index contributed by atoms with van der Waals surface area (Å²) in [6, 6.07) is 14.3. The normalized spacial score (nSPS) is 11.5. The molecule has 0 saturated heterocycles. The van der Waals surface area contributed by atoms with Gasteiger partial charge in [0.2, 0.25) is 11.7 Å². The van der Waals surface area contributed by atoms with Crippen LogP contribution in [-0.4, -0.2) is 27.1 Å². The molecular weight excluding hydrogens is 318 g/mol. The van der Waals surface area contributed by atoms with Crippen LogP contribution >= 0.6 is 0 Å². The van der Waals surface area contributed by atoms with E-state index in [0.29, 0.717) is 23.7 Å². The van der Waals surface area contributed by atoms with E-state index in [9.17, 15) is 4.79 Å². The zero-order valence-electron chi connectivity index (χ0n) is 13.5. The molecule has 0 aliphatic heterocycles. The van der Waals surface area contributed by atoms with Crippen molar-refractivity contribution in [2.24, 2.45) is 0 Å². The predicted molar refractivity (Wildman–Crippen MR) is 89.3 cm³/mol. The lowest BCUT2D eigenvalue weighted by Crippen LogP contribution is -2.34. The molecular formula is C18H15N5O2. The number of hydrogen-bond acceptors (Lipinski definition) is 6. The van der Waals surface area contributed by atoms with Gasteiger partial charge in [0, 0.05) is 24.2 Å². The molecule has 7 nitrogen and oxygen atoms in total. The molecule has 1 atom stereocenters. The molecule has 0 fully saturated rings. The number of nitrogens with zero attached hydrogens (tertiary/aromatic N) is 4. The summed E-state index contributed by atoms with van der Waals surface area (Å²) in [5.74, 6) is 0.697. The van der Waals surface area contributed by atoms with Crippen LogP contribution in [-0.2, 0) is 6.42 Å². The molecule has 0 radical (unpaired) electrons. The number of rotatable bonds is 5. The Morgan fingerprint density at radius 2 is 2.08 bits per heavy atom. The molecule has 2 aromatic heterocycles. The minimum absolute atomic E-state index is 0.202. The summed E-state index contributed by atoms with van der Waals surface area (Å²) in [5.41, 5.74) is 1.53. The minimum atomic E-state index is -0.271. The molecule has 0 saturated carbocycles. The maximum Gasteiger partial charge on any atom is 0.253 e. The number of nitriles is 1. The van der Waals surface area contributed by atoms with Crippen molar-refractivity contribution in [3.05, 3.63) is 65.8 Å². The fourth-order valence-electron chi connectivity index (χ4n) is 2.26. The minimum Gasteiger partial charge on any atom is -0.349 e. The molecule has 7 heteroatoms. The van der Waals surface area contributed by atoms with Gasteiger partial charge in [0.15, 0.2) is 0 Å². The molecule has 1 unspecified atom stereocenters. The smallest absolute Gasteiger partial charge is 0.253 e. The number of hydrogen-bond donors (Lipinski definition) is 1. The van der Waals surface area contributed by atoms with E-state index in [1.807, 2.05) is 43.3 Å². The maximum absolute atomic E-state index is 12.2. The highest BCUT2D eigenvalue weighted by Gasteiger charge is 2.15. The Hall–Kier alpha value is -3.53. The molecule has 25 heavy (non-hydrogen) atoms. The molecule has 0 aliphatic carbocycles. The Labute approximate surface area is 144 Å². The van der Waals surface area contributed by atoms with Gasteiger partial charge < -0.3 is 9.84 Å². The molecule has 0 spiro atoms. The summed E-state index contributed by atoms with van der Waals surface area (Å²) in [7, 11) is 0. The molecule has 1 N–H and O–H groups in total. The van der Waals surface area contributed by atoms with Gasteiger partial charge in [-0.05, 0) is 19.1 Å². The van der Waals surface area contributed by atoms with E-state index < -0.39 is 0 Å². The van der Waals surface area contributed by atoms with E-state index in [-0.39, 0.29) is 17.6 Å².